The lowest BCUT2D eigenvalue weighted by molar-refractivity contribution is 0.0344. The standard InChI is InChI=1S/C14H22N4O3/c1-14(2,21)9-17-3-5-18(6-4-17)12-7-10(13(19)20)11(15)8-16-12/h7-8,21H,3-6,9,15H2,1-2H3,(H,19,20). The van der Waals surface area contributed by atoms with Crippen molar-refractivity contribution in [2.45, 2.75) is 19.4 Å². The zero-order valence-corrected chi connectivity index (χ0v) is 12.4. The van der Waals surface area contributed by atoms with E-state index in [2.05, 4.69) is 9.88 Å². The van der Waals surface area contributed by atoms with Gasteiger partial charge in [0.15, 0.2) is 0 Å². The second-order valence-corrected chi connectivity index (χ2v) is 6.01. The molecule has 21 heavy (non-hydrogen) atoms. The number of nitrogens with zero attached hydrogens (tertiary/aromatic N) is 3. The van der Waals surface area contributed by atoms with Gasteiger partial charge in [0, 0.05) is 32.7 Å². The predicted octanol–water partition coefficient (Wildman–Crippen LogP) is 0.255. The summed E-state index contributed by atoms with van der Waals surface area (Å²) in [5.41, 5.74) is 5.16. The van der Waals surface area contributed by atoms with Crippen molar-refractivity contribution in [1.82, 2.24) is 9.88 Å². The zero-order valence-electron chi connectivity index (χ0n) is 12.4. The first kappa shape index (κ1) is 15.5. The normalized spacial score (nSPS) is 17.0. The number of aromatic nitrogens is 1. The summed E-state index contributed by atoms with van der Waals surface area (Å²) in [6.07, 6.45) is 1.39. The van der Waals surface area contributed by atoms with E-state index < -0.39 is 11.6 Å². The topological polar surface area (TPSA) is 103 Å². The Morgan fingerprint density at radius 2 is 2.00 bits per heavy atom. The highest BCUT2D eigenvalue weighted by molar-refractivity contribution is 5.94. The van der Waals surface area contributed by atoms with Gasteiger partial charge in [0.25, 0.3) is 0 Å². The number of β-amino-alcohol motifs (C(OH)–C–C–N with tert-alkyl or cyclic N) is 1. The van der Waals surface area contributed by atoms with E-state index in [0.29, 0.717) is 12.4 Å². The second-order valence-electron chi connectivity index (χ2n) is 6.01. The number of aliphatic hydroxyl groups is 1. The van der Waals surface area contributed by atoms with Crippen molar-refractivity contribution in [3.63, 3.8) is 0 Å². The maximum Gasteiger partial charge on any atom is 0.337 e. The number of anilines is 2. The van der Waals surface area contributed by atoms with Crippen LogP contribution in [0, 0.1) is 0 Å². The molecular formula is C14H22N4O3. The minimum Gasteiger partial charge on any atom is -0.478 e. The van der Waals surface area contributed by atoms with Crippen LogP contribution in [0.25, 0.3) is 0 Å². The molecule has 2 heterocycles. The van der Waals surface area contributed by atoms with E-state index in [1.165, 1.54) is 12.3 Å². The molecule has 1 aliphatic heterocycles. The smallest absolute Gasteiger partial charge is 0.337 e. The Bertz CT molecular complexity index is 519. The van der Waals surface area contributed by atoms with Gasteiger partial charge >= 0.3 is 5.97 Å². The molecule has 0 amide bonds. The van der Waals surface area contributed by atoms with Gasteiger partial charge in [-0.3, -0.25) is 4.90 Å². The van der Waals surface area contributed by atoms with Crippen LogP contribution in [0.2, 0.25) is 0 Å². The van der Waals surface area contributed by atoms with E-state index >= 15 is 0 Å². The Balaban J connectivity index is 2.02. The highest BCUT2D eigenvalue weighted by Crippen LogP contribution is 2.20. The molecule has 116 valence electrons. The van der Waals surface area contributed by atoms with Crippen molar-refractivity contribution in [2.24, 2.45) is 0 Å². The molecule has 1 aliphatic rings. The zero-order chi connectivity index (χ0) is 15.6. The number of carboxylic acid groups (broad SMARTS) is 1. The summed E-state index contributed by atoms with van der Waals surface area (Å²) in [7, 11) is 0. The molecule has 1 fully saturated rings. The van der Waals surface area contributed by atoms with E-state index in [0.717, 1.165) is 26.2 Å². The lowest BCUT2D eigenvalue weighted by Crippen LogP contribution is -2.50. The Kier molecular flexibility index (Phi) is 4.34. The number of aromatic carboxylic acids is 1. The van der Waals surface area contributed by atoms with Gasteiger partial charge in [-0.25, -0.2) is 9.78 Å². The fourth-order valence-corrected chi connectivity index (χ4v) is 2.50. The molecule has 0 aliphatic carbocycles. The summed E-state index contributed by atoms with van der Waals surface area (Å²) in [4.78, 5) is 19.5. The maximum atomic E-state index is 11.1. The van der Waals surface area contributed by atoms with Crippen molar-refractivity contribution in [2.75, 3.05) is 43.4 Å². The number of hydrogen-bond acceptors (Lipinski definition) is 6. The third-order valence-electron chi connectivity index (χ3n) is 3.46. The molecule has 7 heteroatoms. The van der Waals surface area contributed by atoms with Crippen LogP contribution in [0.15, 0.2) is 12.3 Å². The van der Waals surface area contributed by atoms with Crippen molar-refractivity contribution >= 4 is 17.5 Å². The molecular weight excluding hydrogens is 272 g/mol. The predicted molar refractivity (Wildman–Crippen MR) is 80.6 cm³/mol. The lowest BCUT2D eigenvalue weighted by Gasteiger charge is -2.37. The fourth-order valence-electron chi connectivity index (χ4n) is 2.50. The summed E-state index contributed by atoms with van der Waals surface area (Å²) in [6.45, 7) is 7.30. The average molecular weight is 294 g/mol. The minimum absolute atomic E-state index is 0.0823. The molecule has 0 aromatic carbocycles. The summed E-state index contributed by atoms with van der Waals surface area (Å²) in [6, 6.07) is 1.52. The minimum atomic E-state index is -1.04. The third kappa shape index (κ3) is 4.05. The van der Waals surface area contributed by atoms with Crippen LogP contribution in [0.3, 0.4) is 0 Å². The largest absolute Gasteiger partial charge is 0.478 e. The Morgan fingerprint density at radius 1 is 1.38 bits per heavy atom. The molecule has 0 unspecified atom stereocenters. The van der Waals surface area contributed by atoms with Gasteiger partial charge in [0.2, 0.25) is 0 Å². The number of piperazine rings is 1. The van der Waals surface area contributed by atoms with Crippen molar-refractivity contribution < 1.29 is 15.0 Å². The van der Waals surface area contributed by atoms with Crippen LogP contribution in [-0.2, 0) is 0 Å². The first-order chi connectivity index (χ1) is 9.76. The summed E-state index contributed by atoms with van der Waals surface area (Å²) >= 11 is 0. The van der Waals surface area contributed by atoms with Crippen LogP contribution < -0.4 is 10.6 Å². The maximum absolute atomic E-state index is 11.1. The fraction of sp³-hybridized carbons (Fsp3) is 0.571. The van der Waals surface area contributed by atoms with Crippen molar-refractivity contribution in [3.05, 3.63) is 17.8 Å². The van der Waals surface area contributed by atoms with Gasteiger partial charge in [0.05, 0.1) is 23.0 Å². The van der Waals surface area contributed by atoms with Crippen LogP contribution >= 0.6 is 0 Å². The van der Waals surface area contributed by atoms with Crippen LogP contribution in [-0.4, -0.2) is 64.4 Å². The molecule has 2 rings (SSSR count). The van der Waals surface area contributed by atoms with Gasteiger partial charge in [0.1, 0.15) is 5.82 Å². The summed E-state index contributed by atoms with van der Waals surface area (Å²) < 4.78 is 0. The van der Waals surface area contributed by atoms with Crippen molar-refractivity contribution in [1.29, 1.82) is 0 Å². The number of hydrogen-bond donors (Lipinski definition) is 3. The molecule has 1 aromatic rings. The van der Waals surface area contributed by atoms with Gasteiger partial charge in [-0.15, -0.1) is 0 Å². The first-order valence-electron chi connectivity index (χ1n) is 6.95. The van der Waals surface area contributed by atoms with Gasteiger partial charge < -0.3 is 20.8 Å². The SMILES string of the molecule is CC(C)(O)CN1CCN(c2cc(C(=O)O)c(N)cn2)CC1. The number of pyridine rings is 1. The quantitative estimate of drug-likeness (QED) is 0.731. The monoisotopic (exact) mass is 294 g/mol. The summed E-state index contributed by atoms with van der Waals surface area (Å²) in [5, 5.41) is 18.9. The van der Waals surface area contributed by atoms with Gasteiger partial charge in [-0.1, -0.05) is 0 Å². The van der Waals surface area contributed by atoms with E-state index in [1.54, 1.807) is 13.8 Å². The molecule has 0 saturated carbocycles. The van der Waals surface area contributed by atoms with E-state index in [1.807, 2.05) is 4.90 Å². The van der Waals surface area contributed by atoms with Gasteiger partial charge in [-0.2, -0.15) is 0 Å². The highest BCUT2D eigenvalue weighted by atomic mass is 16.4. The average Bonchev–Trinajstić information content (AvgIpc) is 2.38. The number of rotatable bonds is 4. The second kappa shape index (κ2) is 5.87. The Labute approximate surface area is 124 Å². The molecule has 1 aromatic heterocycles. The Hall–Kier alpha value is -1.86. The lowest BCUT2D eigenvalue weighted by atomic mass is 10.1. The number of nitrogen functional groups attached to an aromatic ring is 1. The van der Waals surface area contributed by atoms with E-state index in [9.17, 15) is 9.90 Å². The van der Waals surface area contributed by atoms with E-state index in [4.69, 9.17) is 10.8 Å². The molecule has 0 spiro atoms. The molecule has 1 saturated heterocycles. The van der Waals surface area contributed by atoms with Crippen molar-refractivity contribution in [3.8, 4) is 0 Å². The third-order valence-corrected chi connectivity index (χ3v) is 3.46. The first-order valence-corrected chi connectivity index (χ1v) is 6.95. The van der Waals surface area contributed by atoms with Gasteiger partial charge in [-0.05, 0) is 19.9 Å². The van der Waals surface area contributed by atoms with Crippen LogP contribution in [0.4, 0.5) is 11.5 Å². The summed E-state index contributed by atoms with van der Waals surface area (Å²) in [5.74, 6) is -0.415. The Morgan fingerprint density at radius 3 is 2.52 bits per heavy atom. The number of carbonyl (C=O) groups is 1. The molecule has 7 nitrogen and oxygen atoms in total. The molecule has 0 bridgehead atoms. The molecule has 0 atom stereocenters. The van der Waals surface area contributed by atoms with Crippen LogP contribution in [0.1, 0.15) is 24.2 Å². The molecule has 0 radical (unpaired) electrons. The molecule has 4 N–H and O–H groups in total. The number of carboxylic acids is 1. The van der Waals surface area contributed by atoms with Crippen LogP contribution in [0.5, 0.6) is 0 Å². The van der Waals surface area contributed by atoms with E-state index in [-0.39, 0.29) is 11.3 Å². The highest BCUT2D eigenvalue weighted by Gasteiger charge is 2.24. The number of nitrogens with two attached hydrogens (primary N) is 1.